The van der Waals surface area contributed by atoms with Crippen molar-refractivity contribution in [3.05, 3.63) is 56.2 Å². The highest BCUT2D eigenvalue weighted by Gasteiger charge is 2.26. The van der Waals surface area contributed by atoms with Gasteiger partial charge in [-0.2, -0.15) is 0 Å². The first kappa shape index (κ1) is 18.2. The summed E-state index contributed by atoms with van der Waals surface area (Å²) in [4.78, 5) is 30.5. The van der Waals surface area contributed by atoms with Crippen molar-refractivity contribution in [3.8, 4) is 0 Å². The van der Waals surface area contributed by atoms with E-state index in [0.29, 0.717) is 41.2 Å². The number of pyridine rings is 1. The van der Waals surface area contributed by atoms with Gasteiger partial charge in [0, 0.05) is 22.8 Å². The first-order valence-electron chi connectivity index (χ1n) is 8.94. The Kier molecular flexibility index (Phi) is 5.01. The van der Waals surface area contributed by atoms with E-state index in [1.54, 1.807) is 16.7 Å². The highest BCUT2D eigenvalue weighted by molar-refractivity contribution is 9.10. The number of hydroxylamine groups is 1. The zero-order chi connectivity index (χ0) is 19.0. The maximum atomic E-state index is 14.2. The van der Waals surface area contributed by atoms with Crippen LogP contribution in [0.1, 0.15) is 35.3 Å². The minimum absolute atomic E-state index is 0.188. The van der Waals surface area contributed by atoms with Gasteiger partial charge in [-0.3, -0.25) is 14.4 Å². The highest BCUT2D eigenvalue weighted by atomic mass is 79.9. The topological polar surface area (TPSA) is 72.4 Å². The van der Waals surface area contributed by atoms with Crippen molar-refractivity contribution in [3.63, 3.8) is 0 Å². The second-order valence-corrected chi connectivity index (χ2v) is 7.82. The van der Waals surface area contributed by atoms with E-state index in [1.165, 1.54) is 12.1 Å². The molecule has 2 heterocycles. The van der Waals surface area contributed by atoms with Crippen LogP contribution in [0.3, 0.4) is 0 Å². The van der Waals surface area contributed by atoms with Gasteiger partial charge in [0.05, 0.1) is 23.5 Å². The number of carbonyl (C=O) groups excluding carboxylic acids is 1. The fraction of sp³-hybridized carbons (Fsp3) is 0.368. The van der Waals surface area contributed by atoms with Crippen LogP contribution in [-0.2, 0) is 17.8 Å². The Morgan fingerprint density at radius 3 is 2.85 bits per heavy atom. The first-order chi connectivity index (χ1) is 13.0. The smallest absolute Gasteiger partial charge is 0.278 e. The lowest BCUT2D eigenvalue weighted by molar-refractivity contribution is 0.0269. The van der Waals surface area contributed by atoms with Crippen LogP contribution in [0, 0.1) is 11.7 Å². The molecule has 2 aromatic rings. The van der Waals surface area contributed by atoms with Gasteiger partial charge in [-0.05, 0) is 49.8 Å². The van der Waals surface area contributed by atoms with Gasteiger partial charge >= 0.3 is 0 Å². The standard InChI is InChI=1S/C19H19BrFN3O3/c20-12-5-6-14(13(21)8-12)22-15-9-17(25)24-7-1-2-16(24)18(15)19(26)23-27-10-11-3-4-11/h5-6,8-9,11,22H,1-4,7,10H2,(H,23,26). The van der Waals surface area contributed by atoms with Crippen molar-refractivity contribution in [2.75, 3.05) is 11.9 Å². The molecule has 1 amide bonds. The Balaban J connectivity index is 1.67. The molecule has 0 bridgehead atoms. The average Bonchev–Trinajstić information content (AvgIpc) is 3.31. The number of nitrogens with zero attached hydrogens (tertiary/aromatic N) is 1. The third-order valence-corrected chi connectivity index (χ3v) is 5.31. The number of aromatic nitrogens is 1. The number of anilines is 2. The second-order valence-electron chi connectivity index (χ2n) is 6.91. The Bertz CT molecular complexity index is 956. The maximum absolute atomic E-state index is 14.2. The van der Waals surface area contributed by atoms with Crippen molar-refractivity contribution in [1.29, 1.82) is 0 Å². The number of rotatable bonds is 6. The van der Waals surface area contributed by atoms with E-state index in [9.17, 15) is 14.0 Å². The van der Waals surface area contributed by atoms with Crippen molar-refractivity contribution >= 4 is 33.2 Å². The molecular formula is C19H19BrFN3O3. The summed E-state index contributed by atoms with van der Waals surface area (Å²) in [6.45, 7) is 1.05. The largest absolute Gasteiger partial charge is 0.352 e. The van der Waals surface area contributed by atoms with E-state index in [2.05, 4.69) is 26.7 Å². The molecule has 1 aliphatic carbocycles. The third kappa shape index (κ3) is 3.91. The van der Waals surface area contributed by atoms with Gasteiger partial charge in [-0.25, -0.2) is 9.87 Å². The Labute approximate surface area is 163 Å². The summed E-state index contributed by atoms with van der Waals surface area (Å²) in [6.07, 6.45) is 3.62. The predicted molar refractivity (Wildman–Crippen MR) is 103 cm³/mol. The van der Waals surface area contributed by atoms with Crippen LogP contribution in [0.5, 0.6) is 0 Å². The van der Waals surface area contributed by atoms with Gasteiger partial charge in [-0.15, -0.1) is 0 Å². The van der Waals surface area contributed by atoms with Crippen LogP contribution in [0.2, 0.25) is 0 Å². The molecule has 142 valence electrons. The molecule has 6 nitrogen and oxygen atoms in total. The molecule has 2 N–H and O–H groups in total. The van der Waals surface area contributed by atoms with Crippen LogP contribution in [0.15, 0.2) is 33.5 Å². The summed E-state index contributed by atoms with van der Waals surface area (Å²) in [7, 11) is 0. The number of carbonyl (C=O) groups is 1. The molecule has 1 aromatic carbocycles. The Morgan fingerprint density at radius 2 is 2.11 bits per heavy atom. The lowest BCUT2D eigenvalue weighted by atomic mass is 10.1. The number of nitrogens with one attached hydrogen (secondary N) is 2. The van der Waals surface area contributed by atoms with Crippen LogP contribution in [-0.4, -0.2) is 17.1 Å². The van der Waals surface area contributed by atoms with Crippen LogP contribution in [0.25, 0.3) is 0 Å². The lowest BCUT2D eigenvalue weighted by Crippen LogP contribution is -2.30. The van der Waals surface area contributed by atoms with Gasteiger partial charge in [-0.1, -0.05) is 15.9 Å². The summed E-state index contributed by atoms with van der Waals surface area (Å²) >= 11 is 3.22. The zero-order valence-electron chi connectivity index (χ0n) is 14.6. The summed E-state index contributed by atoms with van der Waals surface area (Å²) in [6, 6.07) is 5.90. The fourth-order valence-corrected chi connectivity index (χ4v) is 3.59. The quantitative estimate of drug-likeness (QED) is 0.680. The van der Waals surface area contributed by atoms with Crippen LogP contribution in [0.4, 0.5) is 15.8 Å². The molecule has 1 aliphatic heterocycles. The number of halogens is 2. The van der Waals surface area contributed by atoms with Crippen LogP contribution >= 0.6 is 15.9 Å². The average molecular weight is 436 g/mol. The Hall–Kier alpha value is -2.19. The normalized spacial score (nSPS) is 15.5. The fourth-order valence-electron chi connectivity index (χ4n) is 3.26. The number of hydrogen-bond acceptors (Lipinski definition) is 4. The first-order valence-corrected chi connectivity index (χ1v) is 9.73. The van der Waals surface area contributed by atoms with Crippen molar-refractivity contribution in [2.24, 2.45) is 5.92 Å². The van der Waals surface area contributed by atoms with Crippen LogP contribution < -0.4 is 16.4 Å². The zero-order valence-corrected chi connectivity index (χ0v) is 16.1. The Morgan fingerprint density at radius 1 is 1.30 bits per heavy atom. The van der Waals surface area contributed by atoms with Crippen molar-refractivity contribution in [2.45, 2.75) is 32.2 Å². The molecule has 0 unspecified atom stereocenters. The van der Waals surface area contributed by atoms with Gasteiger partial charge in [0.15, 0.2) is 0 Å². The molecular weight excluding hydrogens is 417 g/mol. The summed E-state index contributed by atoms with van der Waals surface area (Å²) in [5.41, 5.74) is 3.70. The molecule has 2 aliphatic rings. The maximum Gasteiger partial charge on any atom is 0.278 e. The molecule has 4 rings (SSSR count). The minimum atomic E-state index is -0.485. The number of amides is 1. The van der Waals surface area contributed by atoms with E-state index < -0.39 is 11.7 Å². The molecule has 27 heavy (non-hydrogen) atoms. The molecule has 8 heteroatoms. The van der Waals surface area contributed by atoms with E-state index in [4.69, 9.17) is 4.84 Å². The summed E-state index contributed by atoms with van der Waals surface area (Å²) in [5.74, 6) is -0.411. The van der Waals surface area contributed by atoms with Gasteiger partial charge in [0.25, 0.3) is 11.5 Å². The molecule has 1 fully saturated rings. The van der Waals surface area contributed by atoms with Gasteiger partial charge in [0.2, 0.25) is 0 Å². The molecule has 1 aromatic heterocycles. The monoisotopic (exact) mass is 435 g/mol. The number of fused-ring (bicyclic) bond motifs is 1. The third-order valence-electron chi connectivity index (χ3n) is 4.82. The van der Waals surface area contributed by atoms with E-state index in [-0.39, 0.29) is 16.9 Å². The highest BCUT2D eigenvalue weighted by Crippen LogP contribution is 2.30. The SMILES string of the molecule is O=C(NOCC1CC1)c1c(Nc2ccc(Br)cc2F)cc(=O)n2c1CCC2. The molecule has 0 spiro atoms. The molecule has 0 atom stereocenters. The van der Waals surface area contributed by atoms with Crippen molar-refractivity contribution < 1.29 is 14.0 Å². The molecule has 1 saturated carbocycles. The number of hydrogen-bond donors (Lipinski definition) is 2. The van der Waals surface area contributed by atoms with E-state index in [0.717, 1.165) is 19.3 Å². The summed E-state index contributed by atoms with van der Waals surface area (Å²) in [5, 5.41) is 2.91. The lowest BCUT2D eigenvalue weighted by Gasteiger charge is -2.17. The molecule has 0 radical (unpaired) electrons. The number of benzene rings is 1. The van der Waals surface area contributed by atoms with Crippen molar-refractivity contribution in [1.82, 2.24) is 10.0 Å². The predicted octanol–water partition coefficient (Wildman–Crippen LogP) is 3.51. The molecule has 0 saturated heterocycles. The second kappa shape index (κ2) is 7.44. The van der Waals surface area contributed by atoms with Gasteiger partial charge < -0.3 is 9.88 Å². The summed E-state index contributed by atoms with van der Waals surface area (Å²) < 4.78 is 16.4. The van der Waals surface area contributed by atoms with E-state index >= 15 is 0 Å². The minimum Gasteiger partial charge on any atom is -0.352 e. The van der Waals surface area contributed by atoms with Gasteiger partial charge in [0.1, 0.15) is 5.82 Å². The van der Waals surface area contributed by atoms with E-state index in [1.807, 2.05) is 0 Å².